The first-order valence-corrected chi connectivity index (χ1v) is 10.9. The highest BCUT2D eigenvalue weighted by molar-refractivity contribution is 9.10. The van der Waals surface area contributed by atoms with Gasteiger partial charge in [0.2, 0.25) is 5.91 Å². The molecule has 0 saturated heterocycles. The molecular formula is C17H16BrFN2O3S2. The molecule has 2 aromatic rings. The Morgan fingerprint density at radius 2 is 2.04 bits per heavy atom. The van der Waals surface area contributed by atoms with Crippen molar-refractivity contribution < 1.29 is 17.6 Å². The summed E-state index contributed by atoms with van der Waals surface area (Å²) in [7, 11) is -4.00. The van der Waals surface area contributed by atoms with Gasteiger partial charge in [-0.1, -0.05) is 22.9 Å². The Balaban J connectivity index is 1.98. The summed E-state index contributed by atoms with van der Waals surface area (Å²) in [6.07, 6.45) is 0. The van der Waals surface area contributed by atoms with Crippen LogP contribution in [0, 0.1) is 5.82 Å². The number of amides is 1. The van der Waals surface area contributed by atoms with E-state index in [4.69, 9.17) is 0 Å². The zero-order valence-corrected chi connectivity index (χ0v) is 17.2. The van der Waals surface area contributed by atoms with Crippen molar-refractivity contribution in [2.24, 2.45) is 0 Å². The molecule has 0 aromatic heterocycles. The lowest BCUT2D eigenvalue weighted by Crippen LogP contribution is -2.37. The molecule has 3 rings (SSSR count). The molecule has 1 N–H and O–H groups in total. The van der Waals surface area contributed by atoms with Crippen LogP contribution in [0.3, 0.4) is 0 Å². The third-order valence-electron chi connectivity index (χ3n) is 3.85. The van der Waals surface area contributed by atoms with E-state index in [0.717, 1.165) is 4.90 Å². The van der Waals surface area contributed by atoms with Gasteiger partial charge >= 0.3 is 0 Å². The van der Waals surface area contributed by atoms with Crippen molar-refractivity contribution in [2.45, 2.75) is 28.9 Å². The highest BCUT2D eigenvalue weighted by Gasteiger charge is 2.27. The van der Waals surface area contributed by atoms with E-state index in [2.05, 4.69) is 20.7 Å². The Morgan fingerprint density at radius 3 is 2.69 bits per heavy atom. The molecule has 2 aromatic carbocycles. The van der Waals surface area contributed by atoms with E-state index in [9.17, 15) is 17.6 Å². The zero-order valence-electron chi connectivity index (χ0n) is 14.0. The fourth-order valence-electron chi connectivity index (χ4n) is 2.66. The van der Waals surface area contributed by atoms with Crippen LogP contribution in [0.5, 0.6) is 0 Å². The third-order valence-corrected chi connectivity index (χ3v) is 6.86. The maximum absolute atomic E-state index is 14.0. The number of carbonyl (C=O) groups is 1. The molecule has 0 fully saturated rings. The summed E-state index contributed by atoms with van der Waals surface area (Å²) in [4.78, 5) is 14.3. The first kappa shape index (κ1) is 19.2. The largest absolute Gasteiger partial charge is 0.310 e. The molecule has 0 radical (unpaired) electrons. The fraction of sp³-hybridized carbons (Fsp3) is 0.235. The summed E-state index contributed by atoms with van der Waals surface area (Å²) in [5, 5.41) is 0.212. The van der Waals surface area contributed by atoms with Gasteiger partial charge in [0.05, 0.1) is 16.3 Å². The van der Waals surface area contributed by atoms with E-state index in [1.807, 2.05) is 6.92 Å². The van der Waals surface area contributed by atoms with Crippen molar-refractivity contribution in [3.63, 3.8) is 0 Å². The monoisotopic (exact) mass is 458 g/mol. The average molecular weight is 459 g/mol. The third kappa shape index (κ3) is 3.89. The van der Waals surface area contributed by atoms with Gasteiger partial charge < -0.3 is 4.90 Å². The van der Waals surface area contributed by atoms with Gasteiger partial charge in [-0.15, -0.1) is 11.8 Å². The van der Waals surface area contributed by atoms with Gasteiger partial charge in [0, 0.05) is 28.1 Å². The Bertz CT molecular complexity index is 982. The highest BCUT2D eigenvalue weighted by atomic mass is 79.9. The van der Waals surface area contributed by atoms with E-state index in [1.54, 1.807) is 28.8 Å². The van der Waals surface area contributed by atoms with Crippen molar-refractivity contribution >= 4 is 55.0 Å². The van der Waals surface area contributed by atoms with Crippen LogP contribution in [-0.4, -0.2) is 26.1 Å². The van der Waals surface area contributed by atoms with Crippen LogP contribution in [-0.2, 0) is 14.8 Å². The standard InChI is InChI=1S/C17H16BrFN2O3S2/c1-10-9-21(11(2)22)16-8-13(4-6-17(16)25-10)26(23,24)20-15-5-3-12(18)7-14(15)19/h3-8,10,20H,9H2,1-2H3/t10-/m1/s1. The van der Waals surface area contributed by atoms with E-state index >= 15 is 0 Å². The van der Waals surface area contributed by atoms with Crippen LogP contribution < -0.4 is 9.62 Å². The number of hydrogen-bond donors (Lipinski definition) is 1. The Kier molecular flexibility index (Phi) is 5.32. The van der Waals surface area contributed by atoms with Crippen LogP contribution >= 0.6 is 27.7 Å². The minimum absolute atomic E-state index is 0.0278. The van der Waals surface area contributed by atoms with Crippen molar-refractivity contribution in [2.75, 3.05) is 16.2 Å². The second-order valence-corrected chi connectivity index (χ2v) is 10.00. The summed E-state index contributed by atoms with van der Waals surface area (Å²) in [6, 6.07) is 8.66. The molecule has 9 heteroatoms. The number of halogens is 2. The Hall–Kier alpha value is -1.58. The lowest BCUT2D eigenvalue weighted by molar-refractivity contribution is -0.116. The van der Waals surface area contributed by atoms with Crippen molar-refractivity contribution in [1.29, 1.82) is 0 Å². The van der Waals surface area contributed by atoms with E-state index in [-0.39, 0.29) is 21.7 Å². The normalized spacial score (nSPS) is 16.9. The molecule has 1 atom stereocenters. The number of thioether (sulfide) groups is 1. The highest BCUT2D eigenvalue weighted by Crippen LogP contribution is 2.40. The van der Waals surface area contributed by atoms with Crippen LogP contribution in [0.2, 0.25) is 0 Å². The fourth-order valence-corrected chi connectivity index (χ4v) is 5.17. The maximum atomic E-state index is 14.0. The molecule has 1 aliphatic rings. The lowest BCUT2D eigenvalue weighted by atomic mass is 10.2. The number of anilines is 2. The molecule has 1 amide bonds. The predicted octanol–water partition coefficient (Wildman–Crippen LogP) is 4.24. The van der Waals surface area contributed by atoms with Crippen molar-refractivity contribution in [3.8, 4) is 0 Å². The molecule has 0 unspecified atom stereocenters. The minimum atomic E-state index is -4.00. The number of fused-ring (bicyclic) bond motifs is 1. The summed E-state index contributed by atoms with van der Waals surface area (Å²) in [5.74, 6) is -0.837. The molecule has 0 bridgehead atoms. The lowest BCUT2D eigenvalue weighted by Gasteiger charge is -2.32. The van der Waals surface area contributed by atoms with Gasteiger partial charge in [0.15, 0.2) is 0 Å². The molecular weight excluding hydrogens is 443 g/mol. The number of sulfonamides is 1. The number of hydrogen-bond acceptors (Lipinski definition) is 4. The Morgan fingerprint density at radius 1 is 1.31 bits per heavy atom. The summed E-state index contributed by atoms with van der Waals surface area (Å²) < 4.78 is 42.1. The molecule has 138 valence electrons. The molecule has 0 spiro atoms. The molecule has 26 heavy (non-hydrogen) atoms. The summed E-state index contributed by atoms with van der Waals surface area (Å²) in [5.41, 5.74) is 0.414. The SMILES string of the molecule is CC(=O)N1C[C@@H](C)Sc2ccc(S(=O)(=O)Nc3ccc(Br)cc3F)cc21. The van der Waals surface area contributed by atoms with Crippen LogP contribution in [0.15, 0.2) is 50.7 Å². The van der Waals surface area contributed by atoms with Gasteiger partial charge in [0.25, 0.3) is 10.0 Å². The minimum Gasteiger partial charge on any atom is -0.310 e. The van der Waals surface area contributed by atoms with Gasteiger partial charge in [-0.2, -0.15) is 0 Å². The zero-order chi connectivity index (χ0) is 19.1. The Labute approximate surface area is 164 Å². The quantitative estimate of drug-likeness (QED) is 0.746. The molecule has 0 aliphatic carbocycles. The first-order chi connectivity index (χ1) is 12.2. The maximum Gasteiger partial charge on any atom is 0.262 e. The second kappa shape index (κ2) is 7.21. The second-order valence-electron chi connectivity index (χ2n) is 5.92. The van der Waals surface area contributed by atoms with Crippen molar-refractivity contribution in [3.05, 3.63) is 46.7 Å². The van der Waals surface area contributed by atoms with Crippen molar-refractivity contribution in [1.82, 2.24) is 0 Å². The molecule has 5 nitrogen and oxygen atoms in total. The summed E-state index contributed by atoms with van der Waals surface area (Å²) >= 11 is 4.72. The van der Waals surface area contributed by atoms with E-state index in [0.29, 0.717) is 16.7 Å². The molecule has 1 aliphatic heterocycles. The van der Waals surface area contributed by atoms with E-state index in [1.165, 1.54) is 31.2 Å². The smallest absolute Gasteiger partial charge is 0.262 e. The van der Waals surface area contributed by atoms with Crippen LogP contribution in [0.4, 0.5) is 15.8 Å². The van der Waals surface area contributed by atoms with E-state index < -0.39 is 15.8 Å². The van der Waals surface area contributed by atoms with Gasteiger partial charge in [-0.3, -0.25) is 9.52 Å². The first-order valence-electron chi connectivity index (χ1n) is 7.74. The topological polar surface area (TPSA) is 66.5 Å². The number of nitrogens with one attached hydrogen (secondary N) is 1. The number of carbonyl (C=O) groups excluding carboxylic acids is 1. The average Bonchev–Trinajstić information content (AvgIpc) is 2.56. The predicted molar refractivity (Wildman–Crippen MR) is 105 cm³/mol. The van der Waals surface area contributed by atoms with Gasteiger partial charge in [0.1, 0.15) is 5.82 Å². The molecule has 0 saturated carbocycles. The number of rotatable bonds is 3. The molecule has 1 heterocycles. The number of nitrogens with zero attached hydrogens (tertiary/aromatic N) is 1. The van der Waals surface area contributed by atoms with Crippen LogP contribution in [0.1, 0.15) is 13.8 Å². The summed E-state index contributed by atoms with van der Waals surface area (Å²) in [6.45, 7) is 3.96. The van der Waals surface area contributed by atoms with Crippen LogP contribution in [0.25, 0.3) is 0 Å². The number of benzene rings is 2. The van der Waals surface area contributed by atoms with Gasteiger partial charge in [-0.05, 0) is 36.4 Å². The van der Waals surface area contributed by atoms with Gasteiger partial charge in [-0.25, -0.2) is 12.8 Å².